The van der Waals surface area contributed by atoms with Gasteiger partial charge in [0.15, 0.2) is 11.6 Å². The van der Waals surface area contributed by atoms with Crippen LogP contribution in [0.15, 0.2) is 54.6 Å². The van der Waals surface area contributed by atoms with Crippen LogP contribution >= 0.6 is 0 Å². The van der Waals surface area contributed by atoms with E-state index in [1.54, 1.807) is 6.92 Å². The molecule has 5 nitrogen and oxygen atoms in total. The third-order valence-corrected chi connectivity index (χ3v) is 3.80. The van der Waals surface area contributed by atoms with Gasteiger partial charge in [-0.1, -0.05) is 30.3 Å². The summed E-state index contributed by atoms with van der Waals surface area (Å²) >= 11 is 0. The molecule has 1 heterocycles. The summed E-state index contributed by atoms with van der Waals surface area (Å²) in [6, 6.07) is 14.7. The lowest BCUT2D eigenvalue weighted by molar-refractivity contribution is 0.0949. The molecule has 0 unspecified atom stereocenters. The predicted molar refractivity (Wildman–Crippen MR) is 98.9 cm³/mol. The van der Waals surface area contributed by atoms with Gasteiger partial charge in [-0.15, -0.1) is 0 Å². The van der Waals surface area contributed by atoms with Crippen LogP contribution in [0.3, 0.4) is 0 Å². The van der Waals surface area contributed by atoms with Gasteiger partial charge >= 0.3 is 0 Å². The summed E-state index contributed by atoms with van der Waals surface area (Å²) in [6.45, 7) is 2.12. The molecule has 0 saturated carbocycles. The van der Waals surface area contributed by atoms with Gasteiger partial charge in [-0.2, -0.15) is 0 Å². The zero-order valence-corrected chi connectivity index (χ0v) is 14.7. The smallest absolute Gasteiger partial charge is 0.270 e. The monoisotopic (exact) mass is 368 g/mol. The molecule has 7 heteroatoms. The molecule has 2 aromatic carbocycles. The summed E-state index contributed by atoms with van der Waals surface area (Å²) in [7, 11) is 0. The molecule has 27 heavy (non-hydrogen) atoms. The van der Waals surface area contributed by atoms with Gasteiger partial charge in [0.25, 0.3) is 5.91 Å². The predicted octanol–water partition coefficient (Wildman–Crippen LogP) is 3.78. The number of anilines is 2. The van der Waals surface area contributed by atoms with Crippen molar-refractivity contribution in [1.82, 2.24) is 15.3 Å². The van der Waals surface area contributed by atoms with Crippen molar-refractivity contribution >= 4 is 17.4 Å². The molecule has 0 fully saturated rings. The van der Waals surface area contributed by atoms with Crippen LogP contribution in [0.25, 0.3) is 0 Å². The second-order valence-electron chi connectivity index (χ2n) is 5.93. The number of nitrogens with one attached hydrogen (secondary N) is 2. The number of hydrogen-bond acceptors (Lipinski definition) is 4. The van der Waals surface area contributed by atoms with Crippen LogP contribution < -0.4 is 10.6 Å². The molecule has 1 amide bonds. The number of aromatic nitrogens is 2. The highest BCUT2D eigenvalue weighted by atomic mass is 19.2. The first-order chi connectivity index (χ1) is 13.0. The summed E-state index contributed by atoms with van der Waals surface area (Å²) in [5.74, 6) is -1.52. The molecule has 0 atom stereocenters. The highest BCUT2D eigenvalue weighted by Gasteiger charge is 2.11. The van der Waals surface area contributed by atoms with Crippen molar-refractivity contribution in [1.29, 1.82) is 0 Å². The largest absolute Gasteiger partial charge is 0.350 e. The number of halogens is 2. The van der Waals surface area contributed by atoms with Crippen molar-refractivity contribution in [2.24, 2.45) is 0 Å². The Balaban J connectivity index is 1.66. The molecule has 138 valence electrons. The van der Waals surface area contributed by atoms with Crippen molar-refractivity contribution in [3.63, 3.8) is 0 Å². The third kappa shape index (κ3) is 5.07. The maximum absolute atomic E-state index is 13.3. The average molecular weight is 368 g/mol. The first kappa shape index (κ1) is 18.4. The van der Waals surface area contributed by atoms with Crippen molar-refractivity contribution < 1.29 is 13.6 Å². The van der Waals surface area contributed by atoms with E-state index < -0.39 is 11.6 Å². The standard InChI is InChI=1S/C20H18F2N4O/c1-13-24-18(20(27)23-10-9-14-5-3-2-4-6-14)12-19(25-13)26-15-7-8-16(21)17(22)11-15/h2-8,11-12H,9-10H2,1H3,(H,23,27)(H,24,25,26). The van der Waals surface area contributed by atoms with E-state index in [1.807, 2.05) is 30.3 Å². The van der Waals surface area contributed by atoms with Crippen LogP contribution in [-0.4, -0.2) is 22.4 Å². The molecule has 0 bridgehead atoms. The Morgan fingerprint density at radius 3 is 2.52 bits per heavy atom. The highest BCUT2D eigenvalue weighted by molar-refractivity contribution is 5.93. The van der Waals surface area contributed by atoms with Crippen LogP contribution in [0.1, 0.15) is 21.9 Å². The molecule has 0 aliphatic carbocycles. The van der Waals surface area contributed by atoms with E-state index >= 15 is 0 Å². The quantitative estimate of drug-likeness (QED) is 0.695. The van der Waals surface area contributed by atoms with E-state index in [9.17, 15) is 13.6 Å². The number of carbonyl (C=O) groups excluding carboxylic acids is 1. The van der Waals surface area contributed by atoms with E-state index in [0.29, 0.717) is 30.3 Å². The van der Waals surface area contributed by atoms with Gasteiger partial charge < -0.3 is 10.6 Å². The maximum Gasteiger partial charge on any atom is 0.270 e. The Labute approximate surface area is 155 Å². The topological polar surface area (TPSA) is 66.9 Å². The van der Waals surface area contributed by atoms with Gasteiger partial charge in [0, 0.05) is 24.4 Å². The first-order valence-corrected chi connectivity index (χ1v) is 8.41. The highest BCUT2D eigenvalue weighted by Crippen LogP contribution is 2.18. The summed E-state index contributed by atoms with van der Waals surface area (Å²) in [5, 5.41) is 5.67. The molecular formula is C20H18F2N4O. The molecule has 0 radical (unpaired) electrons. The molecule has 3 aromatic rings. The summed E-state index contributed by atoms with van der Waals surface area (Å²) < 4.78 is 26.4. The number of rotatable bonds is 6. The van der Waals surface area contributed by atoms with Crippen molar-refractivity contribution in [3.8, 4) is 0 Å². The summed E-state index contributed by atoms with van der Waals surface area (Å²) in [6.07, 6.45) is 0.705. The van der Waals surface area contributed by atoms with Gasteiger partial charge in [-0.3, -0.25) is 4.79 Å². The molecule has 3 rings (SSSR count). The van der Waals surface area contributed by atoms with Crippen LogP contribution in [0.4, 0.5) is 20.3 Å². The lowest BCUT2D eigenvalue weighted by Crippen LogP contribution is -2.27. The second kappa shape index (κ2) is 8.35. The summed E-state index contributed by atoms with van der Waals surface area (Å²) in [5.41, 5.74) is 1.64. The normalized spacial score (nSPS) is 10.5. The summed E-state index contributed by atoms with van der Waals surface area (Å²) in [4.78, 5) is 20.7. The van der Waals surface area contributed by atoms with Gasteiger partial charge in [-0.25, -0.2) is 18.7 Å². The van der Waals surface area contributed by atoms with Crippen molar-refractivity contribution in [2.75, 3.05) is 11.9 Å². The number of nitrogens with zero attached hydrogens (tertiary/aromatic N) is 2. The average Bonchev–Trinajstić information content (AvgIpc) is 2.65. The van der Waals surface area contributed by atoms with E-state index in [1.165, 1.54) is 12.1 Å². The molecule has 1 aromatic heterocycles. The number of amides is 1. The van der Waals surface area contributed by atoms with E-state index in [-0.39, 0.29) is 11.6 Å². The van der Waals surface area contributed by atoms with Crippen LogP contribution in [0.5, 0.6) is 0 Å². The van der Waals surface area contributed by atoms with Gasteiger partial charge in [-0.05, 0) is 31.0 Å². The fraction of sp³-hybridized carbons (Fsp3) is 0.150. The minimum atomic E-state index is -0.968. The Hall–Kier alpha value is -3.35. The van der Waals surface area contributed by atoms with Crippen molar-refractivity contribution in [2.45, 2.75) is 13.3 Å². The fourth-order valence-corrected chi connectivity index (χ4v) is 2.53. The fourth-order valence-electron chi connectivity index (χ4n) is 2.53. The van der Waals surface area contributed by atoms with Gasteiger partial charge in [0.05, 0.1) is 0 Å². The minimum Gasteiger partial charge on any atom is -0.350 e. The van der Waals surface area contributed by atoms with E-state index in [2.05, 4.69) is 20.6 Å². The number of hydrogen-bond donors (Lipinski definition) is 2. The Kier molecular flexibility index (Phi) is 5.71. The zero-order chi connectivity index (χ0) is 19.2. The molecule has 0 saturated heterocycles. The van der Waals surface area contributed by atoms with Crippen molar-refractivity contribution in [3.05, 3.63) is 83.3 Å². The van der Waals surface area contributed by atoms with Crippen LogP contribution in [0.2, 0.25) is 0 Å². The minimum absolute atomic E-state index is 0.195. The van der Waals surface area contributed by atoms with E-state index in [4.69, 9.17) is 0 Å². The lowest BCUT2D eigenvalue weighted by Gasteiger charge is -2.09. The van der Waals surface area contributed by atoms with Gasteiger partial charge in [0.1, 0.15) is 17.3 Å². The van der Waals surface area contributed by atoms with E-state index in [0.717, 1.165) is 17.7 Å². The SMILES string of the molecule is Cc1nc(Nc2ccc(F)c(F)c2)cc(C(=O)NCCc2ccccc2)n1. The number of carbonyl (C=O) groups is 1. The Morgan fingerprint density at radius 1 is 1.00 bits per heavy atom. The number of aryl methyl sites for hydroxylation is 1. The molecular weight excluding hydrogens is 350 g/mol. The van der Waals surface area contributed by atoms with Crippen LogP contribution in [0, 0.1) is 18.6 Å². The maximum atomic E-state index is 13.3. The molecule has 0 aliphatic heterocycles. The third-order valence-electron chi connectivity index (χ3n) is 3.80. The Morgan fingerprint density at radius 2 is 1.78 bits per heavy atom. The van der Waals surface area contributed by atoms with Gasteiger partial charge in [0.2, 0.25) is 0 Å². The number of benzene rings is 2. The molecule has 2 N–H and O–H groups in total. The second-order valence-corrected chi connectivity index (χ2v) is 5.93. The Bertz CT molecular complexity index is 948. The molecule has 0 aliphatic rings. The lowest BCUT2D eigenvalue weighted by atomic mass is 10.1. The first-order valence-electron chi connectivity index (χ1n) is 8.41. The van der Waals surface area contributed by atoms with Crippen LogP contribution in [-0.2, 0) is 6.42 Å². The molecule has 0 spiro atoms. The zero-order valence-electron chi connectivity index (χ0n) is 14.7.